The molecule has 2 nitrogen and oxygen atoms in total. The molecular weight excluding hydrogens is 253 g/mol. The van der Waals surface area contributed by atoms with E-state index in [0.717, 1.165) is 12.5 Å². The van der Waals surface area contributed by atoms with Crippen molar-refractivity contribution in [3.05, 3.63) is 29.6 Å². The zero-order valence-corrected chi connectivity index (χ0v) is 11.2. The van der Waals surface area contributed by atoms with Gasteiger partial charge < -0.3 is 10.2 Å². The van der Waals surface area contributed by atoms with Crippen molar-refractivity contribution in [3.8, 4) is 0 Å². The van der Waals surface area contributed by atoms with Gasteiger partial charge >= 0.3 is 0 Å². The minimum absolute atomic E-state index is 0.0207. The van der Waals surface area contributed by atoms with Crippen LogP contribution < -0.4 is 10.2 Å². The lowest BCUT2D eigenvalue weighted by molar-refractivity contribution is 0.339. The van der Waals surface area contributed by atoms with Crippen molar-refractivity contribution in [2.24, 2.45) is 5.92 Å². The topological polar surface area (TPSA) is 15.3 Å². The molecule has 2 rings (SSSR count). The molecule has 1 aliphatic rings. The van der Waals surface area contributed by atoms with E-state index in [9.17, 15) is 13.2 Å². The Hall–Kier alpha value is -1.23. The van der Waals surface area contributed by atoms with Crippen molar-refractivity contribution in [2.45, 2.75) is 26.3 Å². The number of halogens is 3. The first-order chi connectivity index (χ1) is 9.02. The Morgan fingerprint density at radius 2 is 2.11 bits per heavy atom. The lowest BCUT2D eigenvalue weighted by Gasteiger charge is -2.38. The van der Waals surface area contributed by atoms with Gasteiger partial charge in [-0.05, 0) is 5.92 Å². The van der Waals surface area contributed by atoms with E-state index < -0.39 is 17.5 Å². The molecule has 0 aromatic heterocycles. The van der Waals surface area contributed by atoms with Crippen molar-refractivity contribution in [1.29, 1.82) is 0 Å². The van der Waals surface area contributed by atoms with Gasteiger partial charge in [-0.2, -0.15) is 0 Å². The van der Waals surface area contributed by atoms with Crippen LogP contribution in [-0.4, -0.2) is 25.7 Å². The number of nitrogens with one attached hydrogen (secondary N) is 1. The lowest BCUT2D eigenvalue weighted by Crippen LogP contribution is -2.53. The van der Waals surface area contributed by atoms with Gasteiger partial charge in [0.15, 0.2) is 11.6 Å². The number of hydrogen-bond acceptors (Lipinski definition) is 2. The molecule has 19 heavy (non-hydrogen) atoms. The predicted molar refractivity (Wildman–Crippen MR) is 69.8 cm³/mol. The third-order valence-electron chi connectivity index (χ3n) is 3.85. The molecular formula is C14H19F3N2. The molecule has 1 fully saturated rings. The second-order valence-corrected chi connectivity index (χ2v) is 5.11. The third kappa shape index (κ3) is 3.03. The van der Waals surface area contributed by atoms with Gasteiger partial charge in [0, 0.05) is 37.8 Å². The summed E-state index contributed by atoms with van der Waals surface area (Å²) in [4.78, 5) is 1.72. The second-order valence-electron chi connectivity index (χ2n) is 5.11. The summed E-state index contributed by atoms with van der Waals surface area (Å²) in [5, 5.41) is 3.37. The average Bonchev–Trinajstić information content (AvgIpc) is 2.42. The van der Waals surface area contributed by atoms with Gasteiger partial charge in [-0.3, -0.25) is 0 Å². The van der Waals surface area contributed by atoms with Crippen LogP contribution in [0.4, 0.5) is 18.9 Å². The van der Waals surface area contributed by atoms with E-state index in [1.54, 1.807) is 4.90 Å². The Bertz CT molecular complexity index is 451. The zero-order valence-electron chi connectivity index (χ0n) is 11.2. The standard InChI is InChI=1S/C14H19F3N2/c1-3-9(2)12-8-19(5-4-18-12)13-7-10(15)6-11(16)14(13)17/h6-7,9,12,18H,3-5,8H2,1-2H3. The number of rotatable bonds is 3. The molecule has 1 saturated heterocycles. The Morgan fingerprint density at radius 3 is 2.79 bits per heavy atom. The fraction of sp³-hybridized carbons (Fsp3) is 0.571. The summed E-state index contributed by atoms with van der Waals surface area (Å²) in [6, 6.07) is 1.86. The van der Waals surface area contributed by atoms with Crippen LogP contribution in [0.2, 0.25) is 0 Å². The van der Waals surface area contributed by atoms with E-state index in [2.05, 4.69) is 19.2 Å². The van der Waals surface area contributed by atoms with Crippen LogP contribution in [0.25, 0.3) is 0 Å². The summed E-state index contributed by atoms with van der Waals surface area (Å²) in [5.74, 6) is -2.41. The van der Waals surface area contributed by atoms with Crippen LogP contribution in [0.1, 0.15) is 20.3 Å². The van der Waals surface area contributed by atoms with Crippen molar-refractivity contribution < 1.29 is 13.2 Å². The van der Waals surface area contributed by atoms with Crippen molar-refractivity contribution in [2.75, 3.05) is 24.5 Å². The Labute approximate surface area is 111 Å². The predicted octanol–water partition coefficient (Wildman–Crippen LogP) is 2.93. The van der Waals surface area contributed by atoms with Gasteiger partial charge in [0.25, 0.3) is 0 Å². The first kappa shape index (κ1) is 14.2. The van der Waals surface area contributed by atoms with E-state index in [1.807, 2.05) is 0 Å². The van der Waals surface area contributed by atoms with Crippen LogP contribution in [0.5, 0.6) is 0 Å². The first-order valence-electron chi connectivity index (χ1n) is 6.65. The number of hydrogen-bond donors (Lipinski definition) is 1. The molecule has 0 radical (unpaired) electrons. The molecule has 1 heterocycles. The van der Waals surface area contributed by atoms with Crippen LogP contribution >= 0.6 is 0 Å². The Balaban J connectivity index is 2.22. The van der Waals surface area contributed by atoms with Gasteiger partial charge in [-0.25, -0.2) is 13.2 Å². The van der Waals surface area contributed by atoms with E-state index in [-0.39, 0.29) is 11.7 Å². The monoisotopic (exact) mass is 272 g/mol. The number of benzene rings is 1. The summed E-state index contributed by atoms with van der Waals surface area (Å²) >= 11 is 0. The molecule has 106 valence electrons. The maximum absolute atomic E-state index is 13.8. The number of anilines is 1. The highest BCUT2D eigenvalue weighted by Gasteiger charge is 2.26. The second kappa shape index (κ2) is 5.82. The molecule has 1 aromatic rings. The molecule has 1 aromatic carbocycles. The van der Waals surface area contributed by atoms with Gasteiger partial charge in [-0.15, -0.1) is 0 Å². The molecule has 0 bridgehead atoms. The number of piperazine rings is 1. The molecule has 2 atom stereocenters. The smallest absolute Gasteiger partial charge is 0.182 e. The maximum atomic E-state index is 13.8. The van der Waals surface area contributed by atoms with Gasteiger partial charge in [0.2, 0.25) is 0 Å². The number of nitrogens with zero attached hydrogens (tertiary/aromatic N) is 1. The minimum atomic E-state index is -1.13. The molecule has 0 aliphatic carbocycles. The highest BCUT2D eigenvalue weighted by atomic mass is 19.2. The van der Waals surface area contributed by atoms with Gasteiger partial charge in [0.05, 0.1) is 5.69 Å². The Morgan fingerprint density at radius 1 is 1.37 bits per heavy atom. The van der Waals surface area contributed by atoms with E-state index in [4.69, 9.17) is 0 Å². The van der Waals surface area contributed by atoms with E-state index >= 15 is 0 Å². The zero-order chi connectivity index (χ0) is 14.0. The average molecular weight is 272 g/mol. The van der Waals surface area contributed by atoms with Crippen LogP contribution in [0.3, 0.4) is 0 Å². The maximum Gasteiger partial charge on any atom is 0.182 e. The molecule has 0 amide bonds. The van der Waals surface area contributed by atoms with Crippen molar-refractivity contribution >= 4 is 5.69 Å². The SMILES string of the molecule is CCC(C)C1CN(c2cc(F)cc(F)c2F)CCN1. The highest BCUT2D eigenvalue weighted by molar-refractivity contribution is 5.49. The normalized spacial score (nSPS) is 21.5. The van der Waals surface area contributed by atoms with Crippen LogP contribution in [0.15, 0.2) is 12.1 Å². The fourth-order valence-electron chi connectivity index (χ4n) is 2.44. The molecule has 1 aliphatic heterocycles. The summed E-state index contributed by atoms with van der Waals surface area (Å²) < 4.78 is 40.3. The summed E-state index contributed by atoms with van der Waals surface area (Å²) in [6.45, 7) is 6.01. The molecule has 0 spiro atoms. The Kier molecular flexibility index (Phi) is 4.34. The van der Waals surface area contributed by atoms with E-state index in [1.165, 1.54) is 0 Å². The summed E-state index contributed by atoms with van der Waals surface area (Å²) in [6.07, 6.45) is 1.01. The molecule has 5 heteroatoms. The molecule has 0 saturated carbocycles. The fourth-order valence-corrected chi connectivity index (χ4v) is 2.44. The summed E-state index contributed by atoms with van der Waals surface area (Å²) in [7, 11) is 0. The largest absolute Gasteiger partial charge is 0.366 e. The van der Waals surface area contributed by atoms with Gasteiger partial charge in [-0.1, -0.05) is 20.3 Å². The van der Waals surface area contributed by atoms with Crippen LogP contribution in [0, 0.1) is 23.4 Å². The summed E-state index contributed by atoms with van der Waals surface area (Å²) in [5.41, 5.74) is 0.0207. The van der Waals surface area contributed by atoms with Gasteiger partial charge in [0.1, 0.15) is 5.82 Å². The quantitative estimate of drug-likeness (QED) is 0.851. The van der Waals surface area contributed by atoms with Crippen molar-refractivity contribution in [3.63, 3.8) is 0 Å². The van der Waals surface area contributed by atoms with Crippen molar-refractivity contribution in [1.82, 2.24) is 5.32 Å². The first-order valence-corrected chi connectivity index (χ1v) is 6.65. The minimum Gasteiger partial charge on any atom is -0.366 e. The molecule has 2 unspecified atom stereocenters. The molecule has 1 N–H and O–H groups in total. The lowest BCUT2D eigenvalue weighted by atomic mass is 9.97. The van der Waals surface area contributed by atoms with E-state index in [0.29, 0.717) is 31.6 Å². The highest BCUT2D eigenvalue weighted by Crippen LogP contribution is 2.25. The van der Waals surface area contributed by atoms with Crippen LogP contribution in [-0.2, 0) is 0 Å². The third-order valence-corrected chi connectivity index (χ3v) is 3.85.